The lowest BCUT2D eigenvalue weighted by molar-refractivity contribution is -0.166. The standard InChI is InChI=1S/C56H67N3O2/c1-11-30-56(10,35(2)3)55(60)61-51-19-15-14-18-50(51)59-49-29-28-48(46-16-12-13-17-47(46)49)52(42-20-24-44(25-21-42)57-53-38(6)31-36(4)32-39(53)7)43-22-26-45(27-23-43)58-54-40(8)33-37(5)34-41(54)9/h12-13,16-17,20-29,31-35,50-52,57-59H,11,14-15,18-19,30H2,1-10H3. The van der Waals surface area contributed by atoms with Crippen LogP contribution >= 0.6 is 0 Å². The highest BCUT2D eigenvalue weighted by Gasteiger charge is 2.40. The molecule has 1 aliphatic carbocycles. The second kappa shape index (κ2) is 18.6. The van der Waals surface area contributed by atoms with Crippen LogP contribution < -0.4 is 16.0 Å². The summed E-state index contributed by atoms with van der Waals surface area (Å²) in [6, 6.07) is 40.3. The highest BCUT2D eigenvalue weighted by Crippen LogP contribution is 2.41. The fraction of sp³-hybridized carbons (Fsp3) is 0.375. The summed E-state index contributed by atoms with van der Waals surface area (Å²) in [4.78, 5) is 13.8. The van der Waals surface area contributed by atoms with E-state index in [1.54, 1.807) is 0 Å². The van der Waals surface area contributed by atoms with Gasteiger partial charge in [0.1, 0.15) is 6.10 Å². The topological polar surface area (TPSA) is 62.4 Å². The molecule has 0 aliphatic heterocycles. The predicted molar refractivity (Wildman–Crippen MR) is 259 cm³/mol. The van der Waals surface area contributed by atoms with Gasteiger partial charge in [-0.15, -0.1) is 0 Å². The van der Waals surface area contributed by atoms with Crippen LogP contribution in [0.5, 0.6) is 0 Å². The lowest BCUT2D eigenvalue weighted by Crippen LogP contribution is -2.44. The largest absolute Gasteiger partial charge is 0.460 e. The highest BCUT2D eigenvalue weighted by atomic mass is 16.5. The zero-order valence-electron chi connectivity index (χ0n) is 38.3. The highest BCUT2D eigenvalue weighted by molar-refractivity contribution is 5.97. The van der Waals surface area contributed by atoms with Crippen LogP contribution in [0.4, 0.5) is 28.4 Å². The number of hydrogen-bond acceptors (Lipinski definition) is 5. The molecule has 5 nitrogen and oxygen atoms in total. The quantitative estimate of drug-likeness (QED) is 0.0755. The van der Waals surface area contributed by atoms with Crippen LogP contribution in [0.15, 0.2) is 109 Å². The summed E-state index contributed by atoms with van der Waals surface area (Å²) in [6.07, 6.45) is 5.65. The fourth-order valence-electron chi connectivity index (χ4n) is 9.83. The smallest absolute Gasteiger partial charge is 0.312 e. The fourth-order valence-corrected chi connectivity index (χ4v) is 9.83. The number of carbonyl (C=O) groups is 1. The molecule has 6 aromatic rings. The van der Waals surface area contributed by atoms with Crippen molar-refractivity contribution in [2.45, 2.75) is 126 Å². The van der Waals surface area contributed by atoms with E-state index in [1.165, 1.54) is 60.8 Å². The summed E-state index contributed by atoms with van der Waals surface area (Å²) in [7, 11) is 0. The van der Waals surface area contributed by atoms with E-state index in [9.17, 15) is 4.79 Å². The Balaban J connectivity index is 1.24. The van der Waals surface area contributed by atoms with E-state index in [1.807, 2.05) is 0 Å². The average molecular weight is 814 g/mol. The molecule has 1 aliphatic rings. The molecule has 318 valence electrons. The zero-order valence-corrected chi connectivity index (χ0v) is 38.3. The number of carbonyl (C=O) groups excluding carboxylic acids is 1. The lowest BCUT2D eigenvalue weighted by atomic mass is 9.75. The first-order valence-corrected chi connectivity index (χ1v) is 22.6. The number of esters is 1. The van der Waals surface area contributed by atoms with Gasteiger partial charge in [-0.3, -0.25) is 4.79 Å². The Bertz CT molecular complexity index is 2340. The van der Waals surface area contributed by atoms with Gasteiger partial charge in [0.2, 0.25) is 0 Å². The summed E-state index contributed by atoms with van der Waals surface area (Å²) in [5.41, 5.74) is 16.3. The Morgan fingerprint density at radius 3 is 1.66 bits per heavy atom. The molecular formula is C56H67N3O2. The zero-order chi connectivity index (χ0) is 43.4. The number of nitrogens with one attached hydrogen (secondary N) is 3. The normalized spacial score (nSPS) is 16.4. The van der Waals surface area contributed by atoms with Crippen molar-refractivity contribution in [3.8, 4) is 0 Å². The average Bonchev–Trinajstić information content (AvgIpc) is 3.23. The molecular weight excluding hydrogens is 747 g/mol. The van der Waals surface area contributed by atoms with Gasteiger partial charge < -0.3 is 20.7 Å². The van der Waals surface area contributed by atoms with Gasteiger partial charge in [-0.05, 0) is 155 Å². The molecule has 7 rings (SSSR count). The predicted octanol–water partition coefficient (Wildman–Crippen LogP) is 15.1. The van der Waals surface area contributed by atoms with Gasteiger partial charge in [0, 0.05) is 39.7 Å². The van der Waals surface area contributed by atoms with Crippen molar-refractivity contribution in [3.05, 3.63) is 159 Å². The van der Waals surface area contributed by atoms with Crippen molar-refractivity contribution in [3.63, 3.8) is 0 Å². The van der Waals surface area contributed by atoms with Crippen molar-refractivity contribution in [2.75, 3.05) is 16.0 Å². The van der Waals surface area contributed by atoms with Gasteiger partial charge in [0.25, 0.3) is 0 Å². The number of rotatable bonds is 14. The molecule has 3 N–H and O–H groups in total. The van der Waals surface area contributed by atoms with E-state index in [0.29, 0.717) is 0 Å². The Morgan fingerprint density at radius 2 is 1.16 bits per heavy atom. The SMILES string of the molecule is CCCC(C)(C(=O)OC1CCCCC1Nc1ccc(C(c2ccc(Nc3c(C)cc(C)cc3C)cc2)c2ccc(Nc3c(C)cc(C)cc3C)cc2)c2ccccc12)C(C)C. The molecule has 0 bridgehead atoms. The van der Waals surface area contributed by atoms with Crippen LogP contribution in [-0.2, 0) is 9.53 Å². The number of fused-ring (bicyclic) bond motifs is 1. The molecule has 1 fully saturated rings. The maximum absolute atomic E-state index is 13.8. The molecule has 1 saturated carbocycles. The summed E-state index contributed by atoms with van der Waals surface area (Å²) in [5, 5.41) is 13.7. The Labute approximate surface area is 365 Å². The van der Waals surface area contributed by atoms with E-state index >= 15 is 0 Å². The second-order valence-corrected chi connectivity index (χ2v) is 18.5. The number of benzene rings is 6. The van der Waals surface area contributed by atoms with E-state index in [0.717, 1.165) is 67.0 Å². The third-order valence-corrected chi connectivity index (χ3v) is 13.5. The third kappa shape index (κ3) is 9.52. The van der Waals surface area contributed by atoms with Crippen molar-refractivity contribution < 1.29 is 9.53 Å². The first kappa shape index (κ1) is 43.5. The molecule has 0 radical (unpaired) electrons. The minimum absolute atomic E-state index is 0.0246. The van der Waals surface area contributed by atoms with Gasteiger partial charge in [-0.1, -0.05) is 124 Å². The van der Waals surface area contributed by atoms with Crippen molar-refractivity contribution in [1.29, 1.82) is 0 Å². The van der Waals surface area contributed by atoms with Crippen LogP contribution in [0.2, 0.25) is 0 Å². The van der Waals surface area contributed by atoms with Crippen LogP contribution in [0.25, 0.3) is 10.8 Å². The van der Waals surface area contributed by atoms with Crippen molar-refractivity contribution >= 4 is 45.2 Å². The molecule has 3 atom stereocenters. The van der Waals surface area contributed by atoms with Crippen molar-refractivity contribution in [1.82, 2.24) is 0 Å². The van der Waals surface area contributed by atoms with Crippen molar-refractivity contribution in [2.24, 2.45) is 11.3 Å². The molecule has 0 aromatic heterocycles. The Morgan fingerprint density at radius 1 is 0.672 bits per heavy atom. The molecule has 0 spiro atoms. The molecule has 0 heterocycles. The minimum Gasteiger partial charge on any atom is -0.460 e. The Kier molecular flexibility index (Phi) is 13.3. The van der Waals surface area contributed by atoms with Gasteiger partial charge >= 0.3 is 5.97 Å². The number of ether oxygens (including phenoxy) is 1. The van der Waals surface area contributed by atoms with Gasteiger partial charge in [0.15, 0.2) is 0 Å². The Hall–Kier alpha value is -5.55. The molecule has 3 unspecified atom stereocenters. The summed E-state index contributed by atoms with van der Waals surface area (Å²) >= 11 is 0. The summed E-state index contributed by atoms with van der Waals surface area (Å²) in [6.45, 7) is 21.5. The number of anilines is 5. The van der Waals surface area contributed by atoms with Crippen LogP contribution in [-0.4, -0.2) is 18.1 Å². The van der Waals surface area contributed by atoms with Crippen LogP contribution in [0, 0.1) is 52.9 Å². The first-order chi connectivity index (χ1) is 29.2. The first-order valence-electron chi connectivity index (χ1n) is 22.6. The van der Waals surface area contributed by atoms with E-state index in [2.05, 4.69) is 194 Å². The molecule has 6 aromatic carbocycles. The van der Waals surface area contributed by atoms with Gasteiger partial charge in [0.05, 0.1) is 11.5 Å². The lowest BCUT2D eigenvalue weighted by Gasteiger charge is -2.37. The molecule has 5 heteroatoms. The second-order valence-electron chi connectivity index (χ2n) is 18.5. The third-order valence-electron chi connectivity index (χ3n) is 13.5. The maximum Gasteiger partial charge on any atom is 0.312 e. The van der Waals surface area contributed by atoms with Gasteiger partial charge in [-0.25, -0.2) is 0 Å². The van der Waals surface area contributed by atoms with Crippen LogP contribution in [0.1, 0.15) is 122 Å². The van der Waals surface area contributed by atoms with E-state index < -0.39 is 5.41 Å². The van der Waals surface area contributed by atoms with Crippen LogP contribution in [0.3, 0.4) is 0 Å². The summed E-state index contributed by atoms with van der Waals surface area (Å²) in [5.74, 6) is 0.132. The number of hydrogen-bond donors (Lipinski definition) is 3. The summed E-state index contributed by atoms with van der Waals surface area (Å²) < 4.78 is 6.46. The number of aryl methyl sites for hydroxylation is 6. The molecule has 0 saturated heterocycles. The van der Waals surface area contributed by atoms with E-state index in [-0.39, 0.29) is 30.0 Å². The maximum atomic E-state index is 13.8. The van der Waals surface area contributed by atoms with E-state index in [4.69, 9.17) is 4.74 Å². The molecule has 61 heavy (non-hydrogen) atoms. The minimum atomic E-state index is -0.486. The monoisotopic (exact) mass is 814 g/mol. The molecule has 0 amide bonds. The van der Waals surface area contributed by atoms with Gasteiger partial charge in [-0.2, -0.15) is 0 Å².